The Morgan fingerprint density at radius 1 is 1.18 bits per heavy atom. The van der Waals surface area contributed by atoms with Crippen LogP contribution in [-0.4, -0.2) is 47.1 Å². The maximum atomic E-state index is 13.4. The molecule has 5 aromatic rings. The van der Waals surface area contributed by atoms with Crippen LogP contribution in [0.1, 0.15) is 30.2 Å². The summed E-state index contributed by atoms with van der Waals surface area (Å²) in [5.41, 5.74) is 3.35. The maximum Gasteiger partial charge on any atom is 0.256 e. The third-order valence-corrected chi connectivity index (χ3v) is 6.56. The van der Waals surface area contributed by atoms with Crippen molar-refractivity contribution >= 4 is 45.7 Å². The van der Waals surface area contributed by atoms with Gasteiger partial charge in [0.05, 0.1) is 33.4 Å². The molecular formula is C22H20N8OS2. The van der Waals surface area contributed by atoms with Crippen LogP contribution in [0, 0.1) is 0 Å². The second-order valence-corrected chi connectivity index (χ2v) is 9.26. The van der Waals surface area contributed by atoms with E-state index in [9.17, 15) is 4.79 Å². The largest absolute Gasteiger partial charge is 0.322 e. The molecule has 1 aromatic carbocycles. The van der Waals surface area contributed by atoms with Crippen molar-refractivity contribution in [1.82, 2.24) is 35.0 Å². The van der Waals surface area contributed by atoms with E-state index in [1.807, 2.05) is 72.6 Å². The molecule has 1 N–H and O–H groups in total. The van der Waals surface area contributed by atoms with Gasteiger partial charge in [-0.15, -0.1) is 16.4 Å². The van der Waals surface area contributed by atoms with Crippen molar-refractivity contribution in [1.29, 1.82) is 0 Å². The Kier molecular flexibility index (Phi) is 5.65. The number of hydrogen-bond acceptors (Lipinski definition) is 8. The van der Waals surface area contributed by atoms with Gasteiger partial charge in [0.1, 0.15) is 0 Å². The quantitative estimate of drug-likeness (QED) is 0.355. The van der Waals surface area contributed by atoms with Gasteiger partial charge in [-0.2, -0.15) is 9.78 Å². The molecule has 0 aliphatic heterocycles. The van der Waals surface area contributed by atoms with E-state index in [4.69, 9.17) is 4.98 Å². The van der Waals surface area contributed by atoms with Gasteiger partial charge in [-0.05, 0) is 66.2 Å². The first-order chi connectivity index (χ1) is 16.0. The highest BCUT2D eigenvalue weighted by Gasteiger charge is 2.19. The van der Waals surface area contributed by atoms with Gasteiger partial charge >= 0.3 is 0 Å². The Balaban J connectivity index is 1.54. The van der Waals surface area contributed by atoms with Gasteiger partial charge in [0.15, 0.2) is 5.65 Å². The Morgan fingerprint density at radius 3 is 2.82 bits per heavy atom. The zero-order valence-corrected chi connectivity index (χ0v) is 19.8. The predicted octanol–water partition coefficient (Wildman–Crippen LogP) is 4.69. The van der Waals surface area contributed by atoms with Crippen LogP contribution in [0.3, 0.4) is 0 Å². The molecule has 1 amide bonds. The Morgan fingerprint density at radius 2 is 2.06 bits per heavy atom. The predicted molar refractivity (Wildman–Crippen MR) is 130 cm³/mol. The minimum atomic E-state index is -0.234. The molecule has 0 fully saturated rings. The number of anilines is 1. The summed E-state index contributed by atoms with van der Waals surface area (Å²) < 4.78 is 3.47. The molecule has 0 radical (unpaired) electrons. The SMILES string of the molecule is CSc1nnnn1-c1cccc(NC(=O)c2cc(-c3cccs3)nc3c2cnn3C(C)C)c1. The van der Waals surface area contributed by atoms with E-state index in [1.54, 1.807) is 22.2 Å². The van der Waals surface area contributed by atoms with Crippen molar-refractivity contribution in [3.05, 3.63) is 59.6 Å². The van der Waals surface area contributed by atoms with Crippen molar-refractivity contribution in [2.24, 2.45) is 0 Å². The second kappa shape index (κ2) is 8.75. The summed E-state index contributed by atoms with van der Waals surface area (Å²) in [6, 6.07) is 13.3. The van der Waals surface area contributed by atoms with Crippen LogP contribution >= 0.6 is 23.1 Å². The fourth-order valence-corrected chi connectivity index (χ4v) is 4.64. The molecule has 4 aromatic heterocycles. The standard InChI is InChI=1S/C22H20N8OS2/c1-13(2)29-20-17(12-23-29)16(11-18(25-20)19-8-5-9-33-19)21(31)24-14-6-4-7-15(10-14)30-22(32-3)26-27-28-30/h4-13H,1-3H3,(H,24,31). The minimum Gasteiger partial charge on any atom is -0.322 e. The van der Waals surface area contributed by atoms with E-state index >= 15 is 0 Å². The van der Waals surface area contributed by atoms with Gasteiger partial charge in [-0.25, -0.2) is 9.67 Å². The smallest absolute Gasteiger partial charge is 0.256 e. The number of tetrazole rings is 1. The van der Waals surface area contributed by atoms with Crippen molar-refractivity contribution in [2.75, 3.05) is 11.6 Å². The van der Waals surface area contributed by atoms with Crippen molar-refractivity contribution in [3.63, 3.8) is 0 Å². The molecule has 0 saturated carbocycles. The third-order valence-electron chi connectivity index (χ3n) is 5.05. The molecule has 0 aliphatic rings. The topological polar surface area (TPSA) is 103 Å². The Bertz CT molecular complexity index is 1440. The third kappa shape index (κ3) is 4.00. The van der Waals surface area contributed by atoms with E-state index in [0.717, 1.165) is 16.3 Å². The summed E-state index contributed by atoms with van der Waals surface area (Å²) in [6.45, 7) is 4.08. The number of amides is 1. The van der Waals surface area contributed by atoms with Gasteiger partial charge in [-0.1, -0.05) is 23.9 Å². The number of carbonyl (C=O) groups excluding carboxylic acids is 1. The van der Waals surface area contributed by atoms with Crippen LogP contribution in [0.2, 0.25) is 0 Å². The summed E-state index contributed by atoms with van der Waals surface area (Å²) in [5.74, 6) is -0.234. The summed E-state index contributed by atoms with van der Waals surface area (Å²) in [7, 11) is 0. The first kappa shape index (κ1) is 21.3. The molecule has 4 heterocycles. The minimum absolute atomic E-state index is 0.114. The number of carbonyl (C=O) groups is 1. The lowest BCUT2D eigenvalue weighted by molar-refractivity contribution is 0.102. The fourth-order valence-electron chi connectivity index (χ4n) is 3.52. The van der Waals surface area contributed by atoms with Crippen LogP contribution in [0.25, 0.3) is 27.3 Å². The number of aromatic nitrogens is 7. The second-order valence-electron chi connectivity index (χ2n) is 7.53. The number of pyridine rings is 1. The lowest BCUT2D eigenvalue weighted by Crippen LogP contribution is -2.14. The molecular weight excluding hydrogens is 456 g/mol. The first-order valence-corrected chi connectivity index (χ1v) is 12.3. The van der Waals surface area contributed by atoms with Crippen LogP contribution in [0.15, 0.2) is 59.2 Å². The van der Waals surface area contributed by atoms with Gasteiger partial charge in [0.25, 0.3) is 5.91 Å². The molecule has 0 aliphatic carbocycles. The number of hydrogen-bond donors (Lipinski definition) is 1. The number of thioether (sulfide) groups is 1. The molecule has 166 valence electrons. The van der Waals surface area contributed by atoms with E-state index in [-0.39, 0.29) is 11.9 Å². The number of nitrogens with zero attached hydrogens (tertiary/aromatic N) is 7. The van der Waals surface area contributed by atoms with Gasteiger partial charge < -0.3 is 5.32 Å². The number of thiophene rings is 1. The number of rotatable bonds is 6. The molecule has 0 bridgehead atoms. The van der Waals surface area contributed by atoms with Gasteiger partial charge in [0.2, 0.25) is 5.16 Å². The van der Waals surface area contributed by atoms with E-state index in [0.29, 0.717) is 27.4 Å². The highest BCUT2D eigenvalue weighted by molar-refractivity contribution is 7.98. The van der Waals surface area contributed by atoms with E-state index in [1.165, 1.54) is 11.8 Å². The van der Waals surface area contributed by atoms with Crippen LogP contribution in [0.4, 0.5) is 5.69 Å². The molecule has 0 atom stereocenters. The molecule has 9 nitrogen and oxygen atoms in total. The van der Waals surface area contributed by atoms with E-state index < -0.39 is 0 Å². The first-order valence-electron chi connectivity index (χ1n) is 10.2. The lowest BCUT2D eigenvalue weighted by Gasteiger charge is -2.11. The Hall–Kier alpha value is -3.57. The molecule has 11 heteroatoms. The summed E-state index contributed by atoms with van der Waals surface area (Å²) >= 11 is 3.03. The molecule has 0 spiro atoms. The average molecular weight is 477 g/mol. The average Bonchev–Trinajstić information content (AvgIpc) is 3.58. The lowest BCUT2D eigenvalue weighted by atomic mass is 10.1. The van der Waals surface area contributed by atoms with Crippen LogP contribution in [-0.2, 0) is 0 Å². The molecule has 5 rings (SSSR count). The zero-order valence-electron chi connectivity index (χ0n) is 18.1. The number of benzene rings is 1. The monoisotopic (exact) mass is 476 g/mol. The Labute approximate surface area is 197 Å². The summed E-state index contributed by atoms with van der Waals surface area (Å²) in [4.78, 5) is 19.2. The zero-order chi connectivity index (χ0) is 22.9. The molecule has 0 saturated heterocycles. The maximum absolute atomic E-state index is 13.4. The van der Waals surface area contributed by atoms with Gasteiger partial charge in [-0.3, -0.25) is 4.79 Å². The number of fused-ring (bicyclic) bond motifs is 1. The summed E-state index contributed by atoms with van der Waals surface area (Å²) in [6.07, 6.45) is 3.61. The fraction of sp³-hybridized carbons (Fsp3) is 0.182. The highest BCUT2D eigenvalue weighted by Crippen LogP contribution is 2.29. The van der Waals surface area contributed by atoms with Crippen molar-refractivity contribution < 1.29 is 4.79 Å². The highest BCUT2D eigenvalue weighted by atomic mass is 32.2. The van der Waals surface area contributed by atoms with E-state index in [2.05, 4.69) is 25.9 Å². The number of nitrogens with one attached hydrogen (secondary N) is 1. The summed E-state index contributed by atoms with van der Waals surface area (Å²) in [5, 5.41) is 22.6. The van der Waals surface area contributed by atoms with Crippen LogP contribution in [0.5, 0.6) is 0 Å². The van der Waals surface area contributed by atoms with Crippen molar-refractivity contribution in [2.45, 2.75) is 25.0 Å². The van der Waals surface area contributed by atoms with Gasteiger partial charge in [0, 0.05) is 11.7 Å². The molecule has 33 heavy (non-hydrogen) atoms. The van der Waals surface area contributed by atoms with Crippen LogP contribution < -0.4 is 5.32 Å². The molecule has 0 unspecified atom stereocenters. The normalized spacial score (nSPS) is 11.4. The van der Waals surface area contributed by atoms with Crippen molar-refractivity contribution in [3.8, 4) is 16.3 Å².